The minimum atomic E-state index is -0.0270. The van der Waals surface area contributed by atoms with Gasteiger partial charge in [0.05, 0.1) is 0 Å². The summed E-state index contributed by atoms with van der Waals surface area (Å²) in [6, 6.07) is 38.4. The molecule has 0 amide bonds. The number of benzene rings is 5. The highest BCUT2D eigenvalue weighted by atomic mass is 32.1. The highest BCUT2D eigenvalue weighted by Crippen LogP contribution is 2.49. The molecule has 0 nitrogen and oxygen atoms in total. The molecule has 0 fully saturated rings. The molecule has 1 aromatic heterocycles. The van der Waals surface area contributed by atoms with Crippen LogP contribution < -0.4 is 0 Å². The Labute approximate surface area is 216 Å². The van der Waals surface area contributed by atoms with Gasteiger partial charge in [-0.2, -0.15) is 0 Å². The lowest BCUT2D eigenvalue weighted by Crippen LogP contribution is -2.15. The maximum Gasteiger partial charge on any atom is 0.0361 e. The van der Waals surface area contributed by atoms with E-state index in [0.717, 1.165) is 6.42 Å². The smallest absolute Gasteiger partial charge is 0.0361 e. The predicted octanol–water partition coefficient (Wildman–Crippen LogP) is 10.3. The molecular formula is C35H28S. The second-order valence-electron chi connectivity index (χ2n) is 10.9. The van der Waals surface area contributed by atoms with Crippen LogP contribution in [0.3, 0.4) is 0 Å². The average Bonchev–Trinajstić information content (AvgIpc) is 3.46. The minimum Gasteiger partial charge on any atom is -0.135 e. The Morgan fingerprint density at radius 3 is 1.97 bits per heavy atom. The molecule has 0 unspecified atom stereocenters. The molecule has 1 heteroatoms. The third-order valence-corrected chi connectivity index (χ3v) is 8.75. The van der Waals surface area contributed by atoms with Gasteiger partial charge in [0, 0.05) is 20.2 Å². The number of thiophene rings is 1. The molecule has 0 saturated carbocycles. The van der Waals surface area contributed by atoms with Crippen LogP contribution in [0.4, 0.5) is 0 Å². The minimum absolute atomic E-state index is 0.0270. The molecule has 5 aromatic carbocycles. The summed E-state index contributed by atoms with van der Waals surface area (Å²) in [5.74, 6) is 0. The lowest BCUT2D eigenvalue weighted by Gasteiger charge is -2.28. The molecule has 7 rings (SSSR count). The molecule has 174 valence electrons. The van der Waals surface area contributed by atoms with E-state index < -0.39 is 0 Å². The summed E-state index contributed by atoms with van der Waals surface area (Å²) in [5, 5.41) is 2.73. The number of rotatable bonds is 2. The quantitative estimate of drug-likeness (QED) is 0.231. The molecule has 1 aliphatic carbocycles. The van der Waals surface area contributed by atoms with Gasteiger partial charge in [0.15, 0.2) is 0 Å². The SMILES string of the molecule is CC(C)(C)c1c(-c2cccc3c2-c2ccccc2C3)cccc1-c1cccc2sc3ccccc3c12. The molecule has 0 aliphatic heterocycles. The second kappa shape index (κ2) is 7.91. The zero-order valence-corrected chi connectivity index (χ0v) is 21.7. The lowest BCUT2D eigenvalue weighted by atomic mass is 9.76. The van der Waals surface area contributed by atoms with Crippen molar-refractivity contribution in [3.05, 3.63) is 120 Å². The van der Waals surface area contributed by atoms with Gasteiger partial charge in [-0.3, -0.25) is 0 Å². The van der Waals surface area contributed by atoms with Gasteiger partial charge in [-0.05, 0) is 74.0 Å². The summed E-state index contributed by atoms with van der Waals surface area (Å²) in [6.07, 6.45) is 1.02. The average molecular weight is 481 g/mol. The Kier molecular flexibility index (Phi) is 4.75. The summed E-state index contributed by atoms with van der Waals surface area (Å²) >= 11 is 1.89. The predicted molar refractivity (Wildman–Crippen MR) is 157 cm³/mol. The Morgan fingerprint density at radius 1 is 0.528 bits per heavy atom. The molecule has 0 radical (unpaired) electrons. The fraction of sp³-hybridized carbons (Fsp3) is 0.143. The van der Waals surface area contributed by atoms with Crippen LogP contribution in [0.5, 0.6) is 0 Å². The Bertz CT molecular complexity index is 1790. The van der Waals surface area contributed by atoms with Gasteiger partial charge in [0.1, 0.15) is 0 Å². The van der Waals surface area contributed by atoms with Gasteiger partial charge in [0.2, 0.25) is 0 Å². The molecule has 1 heterocycles. The van der Waals surface area contributed by atoms with E-state index in [1.165, 1.54) is 70.2 Å². The van der Waals surface area contributed by atoms with Crippen LogP contribution in [0, 0.1) is 0 Å². The van der Waals surface area contributed by atoms with Gasteiger partial charge in [-0.15, -0.1) is 11.3 Å². The molecule has 0 saturated heterocycles. The molecule has 0 bridgehead atoms. The van der Waals surface area contributed by atoms with Crippen LogP contribution in [-0.4, -0.2) is 0 Å². The maximum absolute atomic E-state index is 2.36. The highest BCUT2D eigenvalue weighted by Gasteiger charge is 2.28. The summed E-state index contributed by atoms with van der Waals surface area (Å²) < 4.78 is 2.71. The first-order valence-corrected chi connectivity index (χ1v) is 13.6. The first-order valence-electron chi connectivity index (χ1n) is 12.8. The molecular weight excluding hydrogens is 452 g/mol. The first-order chi connectivity index (χ1) is 17.5. The van der Waals surface area contributed by atoms with Gasteiger partial charge >= 0.3 is 0 Å². The molecule has 0 N–H and O–H groups in total. The van der Waals surface area contributed by atoms with E-state index in [9.17, 15) is 0 Å². The summed E-state index contributed by atoms with van der Waals surface area (Å²) in [6.45, 7) is 7.08. The Hall–Kier alpha value is -3.68. The van der Waals surface area contributed by atoms with E-state index >= 15 is 0 Å². The summed E-state index contributed by atoms with van der Waals surface area (Å²) in [5.41, 5.74) is 12.5. The van der Waals surface area contributed by atoms with Crippen LogP contribution in [0.25, 0.3) is 53.6 Å². The van der Waals surface area contributed by atoms with Gasteiger partial charge < -0.3 is 0 Å². The van der Waals surface area contributed by atoms with E-state index in [2.05, 4.69) is 124 Å². The van der Waals surface area contributed by atoms with E-state index in [4.69, 9.17) is 0 Å². The van der Waals surface area contributed by atoms with Crippen molar-refractivity contribution in [3.63, 3.8) is 0 Å². The Morgan fingerprint density at radius 2 is 1.11 bits per heavy atom. The van der Waals surface area contributed by atoms with Crippen LogP contribution in [0.2, 0.25) is 0 Å². The van der Waals surface area contributed by atoms with Crippen molar-refractivity contribution in [2.45, 2.75) is 32.6 Å². The normalized spacial score (nSPS) is 12.8. The Balaban J connectivity index is 1.56. The van der Waals surface area contributed by atoms with Crippen LogP contribution in [-0.2, 0) is 11.8 Å². The van der Waals surface area contributed by atoms with Gasteiger partial charge in [0.25, 0.3) is 0 Å². The molecule has 36 heavy (non-hydrogen) atoms. The molecule has 6 aromatic rings. The first kappa shape index (κ1) is 21.6. The second-order valence-corrected chi connectivity index (χ2v) is 12.0. The maximum atomic E-state index is 2.36. The summed E-state index contributed by atoms with van der Waals surface area (Å²) in [7, 11) is 0. The largest absolute Gasteiger partial charge is 0.135 e. The third-order valence-electron chi connectivity index (χ3n) is 7.62. The zero-order valence-electron chi connectivity index (χ0n) is 20.9. The summed E-state index contributed by atoms with van der Waals surface area (Å²) in [4.78, 5) is 0. The lowest BCUT2D eigenvalue weighted by molar-refractivity contribution is 0.594. The fourth-order valence-corrected chi connectivity index (χ4v) is 7.35. The van der Waals surface area contributed by atoms with Crippen LogP contribution in [0.1, 0.15) is 37.5 Å². The number of fused-ring (bicyclic) bond motifs is 6. The monoisotopic (exact) mass is 480 g/mol. The third kappa shape index (κ3) is 3.20. The van der Waals surface area contributed by atoms with Crippen molar-refractivity contribution in [1.29, 1.82) is 0 Å². The van der Waals surface area contributed by atoms with Gasteiger partial charge in [-0.1, -0.05) is 112 Å². The van der Waals surface area contributed by atoms with Crippen molar-refractivity contribution in [1.82, 2.24) is 0 Å². The molecule has 1 aliphatic rings. The fourth-order valence-electron chi connectivity index (χ4n) is 6.22. The van der Waals surface area contributed by atoms with E-state index in [0.29, 0.717) is 0 Å². The van der Waals surface area contributed by atoms with Crippen molar-refractivity contribution in [3.8, 4) is 33.4 Å². The van der Waals surface area contributed by atoms with Crippen LogP contribution >= 0.6 is 11.3 Å². The topological polar surface area (TPSA) is 0 Å². The van der Waals surface area contributed by atoms with Crippen molar-refractivity contribution >= 4 is 31.5 Å². The van der Waals surface area contributed by atoms with Gasteiger partial charge in [-0.25, -0.2) is 0 Å². The standard InChI is InChI=1S/C35H28S/c1-35(2,3)34-27(25-15-8-12-23-21-22-11-4-5-13-24(22)32(23)25)17-9-18-28(34)26-16-10-20-31-33(26)29-14-6-7-19-30(29)36-31/h4-20H,21H2,1-3H3. The van der Waals surface area contributed by atoms with Crippen molar-refractivity contribution < 1.29 is 0 Å². The number of hydrogen-bond donors (Lipinski definition) is 0. The number of hydrogen-bond acceptors (Lipinski definition) is 1. The molecule has 0 atom stereocenters. The molecule has 0 spiro atoms. The highest BCUT2D eigenvalue weighted by molar-refractivity contribution is 7.25. The van der Waals surface area contributed by atoms with E-state index in [1.807, 2.05) is 11.3 Å². The van der Waals surface area contributed by atoms with E-state index in [-0.39, 0.29) is 5.41 Å². The van der Waals surface area contributed by atoms with Crippen molar-refractivity contribution in [2.75, 3.05) is 0 Å². The van der Waals surface area contributed by atoms with Crippen LogP contribution in [0.15, 0.2) is 103 Å². The zero-order chi connectivity index (χ0) is 24.4. The van der Waals surface area contributed by atoms with E-state index in [1.54, 1.807) is 0 Å². The van der Waals surface area contributed by atoms with Crippen molar-refractivity contribution in [2.24, 2.45) is 0 Å².